The maximum Gasteiger partial charge on any atom is 0.356 e. The van der Waals surface area contributed by atoms with Gasteiger partial charge in [-0.05, 0) is 13.8 Å². The Balaban J connectivity index is 2.77. The predicted molar refractivity (Wildman–Crippen MR) is 49.4 cm³/mol. The lowest BCUT2D eigenvalue weighted by atomic mass is 10.4. The molecular weight excluding hydrogens is 182 g/mol. The van der Waals surface area contributed by atoms with E-state index in [1.165, 1.54) is 6.20 Å². The van der Waals surface area contributed by atoms with Crippen molar-refractivity contribution < 1.29 is 9.90 Å². The van der Waals surface area contributed by atoms with Crippen LogP contribution in [0.3, 0.4) is 0 Å². The maximum atomic E-state index is 10.7. The molecule has 0 atom stereocenters. The molecule has 0 aliphatic carbocycles. The van der Waals surface area contributed by atoms with E-state index in [-0.39, 0.29) is 5.69 Å². The smallest absolute Gasteiger partial charge is 0.356 e. The number of rotatable bonds is 1. The van der Waals surface area contributed by atoms with Gasteiger partial charge in [0, 0.05) is 12.4 Å². The van der Waals surface area contributed by atoms with Gasteiger partial charge in [0.15, 0.2) is 11.3 Å². The molecular formula is C9H9N3O2. The molecule has 2 rings (SSSR count). The summed E-state index contributed by atoms with van der Waals surface area (Å²) in [5.41, 5.74) is 2.20. The number of carboxylic acid groups (broad SMARTS) is 1. The van der Waals surface area contributed by atoms with Gasteiger partial charge in [-0.3, -0.25) is 0 Å². The van der Waals surface area contributed by atoms with Gasteiger partial charge in [0.25, 0.3) is 0 Å². The van der Waals surface area contributed by atoms with Gasteiger partial charge in [0.05, 0.1) is 11.4 Å². The third-order valence-corrected chi connectivity index (χ3v) is 1.94. The number of aryl methyl sites for hydroxylation is 2. The molecule has 72 valence electrons. The molecule has 0 aliphatic heterocycles. The van der Waals surface area contributed by atoms with Crippen molar-refractivity contribution in [3.63, 3.8) is 0 Å². The molecule has 0 aliphatic rings. The van der Waals surface area contributed by atoms with E-state index >= 15 is 0 Å². The van der Waals surface area contributed by atoms with E-state index in [4.69, 9.17) is 5.11 Å². The highest BCUT2D eigenvalue weighted by Gasteiger charge is 2.09. The maximum absolute atomic E-state index is 10.7. The summed E-state index contributed by atoms with van der Waals surface area (Å²) in [6.07, 6.45) is 3.24. The van der Waals surface area contributed by atoms with Crippen molar-refractivity contribution in [1.29, 1.82) is 0 Å². The second-order valence-corrected chi connectivity index (χ2v) is 3.13. The van der Waals surface area contributed by atoms with Crippen LogP contribution >= 0.6 is 0 Å². The molecule has 0 aromatic carbocycles. The van der Waals surface area contributed by atoms with Crippen molar-refractivity contribution in [2.24, 2.45) is 0 Å². The Morgan fingerprint density at radius 1 is 1.36 bits per heavy atom. The summed E-state index contributed by atoms with van der Waals surface area (Å²) in [7, 11) is 0. The zero-order chi connectivity index (χ0) is 10.3. The summed E-state index contributed by atoms with van der Waals surface area (Å²) < 4.78 is 1.68. The highest BCUT2D eigenvalue weighted by Crippen LogP contribution is 2.09. The number of aromatic carboxylic acids is 1. The molecule has 0 bridgehead atoms. The van der Waals surface area contributed by atoms with Crippen molar-refractivity contribution in [2.45, 2.75) is 13.8 Å². The van der Waals surface area contributed by atoms with Gasteiger partial charge in [-0.1, -0.05) is 0 Å². The highest BCUT2D eigenvalue weighted by molar-refractivity contribution is 5.85. The molecule has 2 aromatic heterocycles. The van der Waals surface area contributed by atoms with Crippen LogP contribution in [0.1, 0.15) is 21.9 Å². The summed E-state index contributed by atoms with van der Waals surface area (Å²) in [6.45, 7) is 3.60. The van der Waals surface area contributed by atoms with Crippen LogP contribution in [0, 0.1) is 13.8 Å². The van der Waals surface area contributed by atoms with E-state index in [2.05, 4.69) is 9.97 Å². The van der Waals surface area contributed by atoms with Crippen molar-refractivity contribution in [2.75, 3.05) is 0 Å². The van der Waals surface area contributed by atoms with Crippen LogP contribution < -0.4 is 0 Å². The molecule has 0 saturated heterocycles. The first-order valence-electron chi connectivity index (χ1n) is 4.14. The number of fused-ring (bicyclic) bond motifs is 1. The molecule has 5 nitrogen and oxygen atoms in total. The van der Waals surface area contributed by atoms with E-state index in [1.54, 1.807) is 17.5 Å². The number of carbonyl (C=O) groups is 1. The zero-order valence-corrected chi connectivity index (χ0v) is 7.85. The Hall–Kier alpha value is -1.91. The lowest BCUT2D eigenvalue weighted by molar-refractivity contribution is 0.0689. The number of nitrogens with zero attached hydrogens (tertiary/aromatic N) is 3. The lowest BCUT2D eigenvalue weighted by Crippen LogP contribution is -2.04. The van der Waals surface area contributed by atoms with Crippen LogP contribution in [-0.4, -0.2) is 25.4 Å². The first-order valence-corrected chi connectivity index (χ1v) is 4.14. The van der Waals surface area contributed by atoms with E-state index in [0.717, 1.165) is 5.69 Å². The minimum Gasteiger partial charge on any atom is -0.476 e. The van der Waals surface area contributed by atoms with E-state index in [1.807, 2.05) is 6.92 Å². The van der Waals surface area contributed by atoms with Gasteiger partial charge in [0.1, 0.15) is 0 Å². The van der Waals surface area contributed by atoms with Crippen molar-refractivity contribution in [3.05, 3.63) is 29.5 Å². The minimum atomic E-state index is -1.03. The van der Waals surface area contributed by atoms with E-state index in [0.29, 0.717) is 11.3 Å². The first kappa shape index (κ1) is 8.68. The Kier molecular flexibility index (Phi) is 1.73. The molecule has 2 heterocycles. The first-order chi connectivity index (χ1) is 6.58. The van der Waals surface area contributed by atoms with Gasteiger partial charge in [0.2, 0.25) is 0 Å². The number of imidazole rings is 1. The normalized spacial score (nSPS) is 10.7. The molecule has 0 unspecified atom stereocenters. The molecule has 0 amide bonds. The van der Waals surface area contributed by atoms with Crippen LogP contribution in [0.25, 0.3) is 5.65 Å². The second kappa shape index (κ2) is 2.80. The summed E-state index contributed by atoms with van der Waals surface area (Å²) in [5.74, 6) is -1.03. The Bertz CT molecular complexity index is 516. The van der Waals surface area contributed by atoms with Gasteiger partial charge in [-0.2, -0.15) is 0 Å². The largest absolute Gasteiger partial charge is 0.476 e. The fourth-order valence-electron chi connectivity index (χ4n) is 1.38. The van der Waals surface area contributed by atoms with Crippen molar-refractivity contribution in [1.82, 2.24) is 14.4 Å². The van der Waals surface area contributed by atoms with Crippen molar-refractivity contribution in [3.8, 4) is 0 Å². The average Bonchev–Trinajstić information content (AvgIpc) is 2.45. The monoisotopic (exact) mass is 191 g/mol. The number of carboxylic acids is 1. The van der Waals surface area contributed by atoms with E-state index in [9.17, 15) is 4.79 Å². The van der Waals surface area contributed by atoms with Crippen molar-refractivity contribution >= 4 is 11.6 Å². The number of aromatic nitrogens is 3. The molecule has 0 saturated carbocycles. The third kappa shape index (κ3) is 1.22. The summed E-state index contributed by atoms with van der Waals surface area (Å²) in [4.78, 5) is 18.9. The van der Waals surface area contributed by atoms with Gasteiger partial charge in [-0.25, -0.2) is 14.8 Å². The SMILES string of the molecule is Cc1cn2cc(C(=O)O)nc(C)c2n1. The van der Waals surface area contributed by atoms with Gasteiger partial charge < -0.3 is 9.51 Å². The van der Waals surface area contributed by atoms with Gasteiger partial charge in [-0.15, -0.1) is 0 Å². The molecule has 14 heavy (non-hydrogen) atoms. The second-order valence-electron chi connectivity index (χ2n) is 3.13. The molecule has 0 radical (unpaired) electrons. The number of hydrogen-bond acceptors (Lipinski definition) is 3. The fraction of sp³-hybridized carbons (Fsp3) is 0.222. The Morgan fingerprint density at radius 2 is 2.07 bits per heavy atom. The third-order valence-electron chi connectivity index (χ3n) is 1.94. The van der Waals surface area contributed by atoms with Crippen LogP contribution in [-0.2, 0) is 0 Å². The van der Waals surface area contributed by atoms with Crippen LogP contribution in [0.15, 0.2) is 12.4 Å². The van der Waals surface area contributed by atoms with Crippen LogP contribution in [0.4, 0.5) is 0 Å². The predicted octanol–water partition coefficient (Wildman–Crippen LogP) is 1.04. The summed E-state index contributed by atoms with van der Waals surface area (Å²) in [6, 6.07) is 0. The fourth-order valence-corrected chi connectivity index (χ4v) is 1.38. The zero-order valence-electron chi connectivity index (χ0n) is 7.85. The molecule has 0 fully saturated rings. The minimum absolute atomic E-state index is 0.0346. The van der Waals surface area contributed by atoms with E-state index < -0.39 is 5.97 Å². The van der Waals surface area contributed by atoms with Crippen LogP contribution in [0.5, 0.6) is 0 Å². The Morgan fingerprint density at radius 3 is 2.71 bits per heavy atom. The molecule has 0 spiro atoms. The molecule has 2 aromatic rings. The highest BCUT2D eigenvalue weighted by atomic mass is 16.4. The lowest BCUT2D eigenvalue weighted by Gasteiger charge is -1.99. The summed E-state index contributed by atoms with van der Waals surface area (Å²) in [5, 5.41) is 8.78. The number of hydrogen-bond donors (Lipinski definition) is 1. The Labute approximate surface area is 80.0 Å². The summed E-state index contributed by atoms with van der Waals surface area (Å²) >= 11 is 0. The standard InChI is InChI=1S/C9H9N3O2/c1-5-3-12-4-7(9(13)14)11-6(2)8(12)10-5/h3-4H,1-2H3,(H,13,14). The average molecular weight is 191 g/mol. The quantitative estimate of drug-likeness (QED) is 0.731. The van der Waals surface area contributed by atoms with Gasteiger partial charge >= 0.3 is 5.97 Å². The molecule has 5 heteroatoms. The van der Waals surface area contributed by atoms with Crippen LogP contribution in [0.2, 0.25) is 0 Å². The molecule has 1 N–H and O–H groups in total. The topological polar surface area (TPSA) is 67.5 Å².